The van der Waals surface area contributed by atoms with E-state index in [1.165, 1.54) is 32.9 Å². The number of Topliss-reactive ketones (excluding diaryl/α,β-unsaturated/α-hetero) is 1. The fourth-order valence-electron chi connectivity index (χ4n) is 7.79. The molecule has 358 valence electrons. The molecule has 0 spiro atoms. The van der Waals surface area contributed by atoms with Crippen LogP contribution in [-0.4, -0.2) is 98.5 Å². The van der Waals surface area contributed by atoms with Crippen LogP contribution in [0.3, 0.4) is 0 Å². The van der Waals surface area contributed by atoms with Crippen LogP contribution in [0.2, 0.25) is 0 Å². The van der Waals surface area contributed by atoms with E-state index in [1.807, 2.05) is 152 Å². The summed E-state index contributed by atoms with van der Waals surface area (Å²) in [6, 6.07) is 47.2. The van der Waals surface area contributed by atoms with Crippen LogP contribution in [0, 0.1) is 0 Å². The molecule has 2 aliphatic rings. The number of ether oxygens (including phenoxy) is 10. The zero-order valence-electron chi connectivity index (χ0n) is 38.1. The molecule has 5 aromatic rings. The van der Waals surface area contributed by atoms with E-state index in [1.54, 1.807) is 0 Å². The Balaban J connectivity index is 1.33. The van der Waals surface area contributed by atoms with Gasteiger partial charge in [-0.25, -0.2) is 9.59 Å². The third-order valence-electron chi connectivity index (χ3n) is 11.2. The standard InChI is InChI=1S/C53H56O14S/c1-35(54)29-30-41(55)64-44-42(60-31-36-19-9-4-10-20-36)48(62-33-38-23-13-6-14-24-38)52(66-46(44)50(56)58-2)65-45-43(61-32-37-21-11-5-12-22-37)49(63-34-39-25-15-7-16-26-39)53(67-47(45)51(57)59-3)68-40-27-17-8-18-28-40/h4-28,42-49,52-53H,29-34H2,1-3H3/t42-,43-,44-,45-,46-,47-,48-,49-,52+,53-/m0/s1. The number of benzene rings is 5. The number of thioether (sulfide) groups is 1. The minimum Gasteiger partial charge on any atom is -0.467 e. The number of rotatable bonds is 22. The third-order valence-corrected chi connectivity index (χ3v) is 12.4. The molecule has 68 heavy (non-hydrogen) atoms. The average molecular weight is 949 g/mol. The van der Waals surface area contributed by atoms with E-state index in [0.29, 0.717) is 0 Å². The van der Waals surface area contributed by atoms with Gasteiger partial charge >= 0.3 is 17.9 Å². The maximum absolute atomic E-state index is 14.2. The van der Waals surface area contributed by atoms with Crippen LogP contribution in [0.15, 0.2) is 157 Å². The van der Waals surface area contributed by atoms with E-state index in [-0.39, 0.29) is 45.1 Å². The van der Waals surface area contributed by atoms with Crippen molar-refractivity contribution in [2.75, 3.05) is 14.2 Å². The Labute approximate surface area is 400 Å². The number of carbonyl (C=O) groups is 4. The fraction of sp³-hybridized carbons (Fsp3) is 0.358. The maximum Gasteiger partial charge on any atom is 0.339 e. The minimum atomic E-state index is -1.65. The van der Waals surface area contributed by atoms with Crippen molar-refractivity contribution in [2.45, 2.75) is 112 Å². The minimum absolute atomic E-state index is 0.0120. The Morgan fingerprint density at radius 2 is 0.868 bits per heavy atom. The maximum atomic E-state index is 14.2. The highest BCUT2D eigenvalue weighted by molar-refractivity contribution is 7.99. The SMILES string of the molecule is COC(=O)[C@H]1O[C@@H](O[C@H]2[C@H](OCc3ccccc3)[C@H](OCc3ccccc3)[C@H](Sc3ccccc3)O[C@@H]2C(=O)OC)[C@@H](OCc2ccccc2)[C@@H](OCc2ccccc2)[C@@H]1OC(=O)CCC(C)=O. The second-order valence-electron chi connectivity index (χ2n) is 16.1. The molecule has 10 atom stereocenters. The monoisotopic (exact) mass is 948 g/mol. The highest BCUT2D eigenvalue weighted by Crippen LogP contribution is 2.41. The molecule has 0 bridgehead atoms. The summed E-state index contributed by atoms with van der Waals surface area (Å²) in [6.07, 6.45) is -12.4. The molecule has 5 aromatic carbocycles. The number of esters is 3. The summed E-state index contributed by atoms with van der Waals surface area (Å²) in [7, 11) is 2.41. The van der Waals surface area contributed by atoms with Gasteiger partial charge in [-0.2, -0.15) is 0 Å². The van der Waals surface area contributed by atoms with Crippen LogP contribution in [0.1, 0.15) is 42.0 Å². The number of hydrogen-bond donors (Lipinski definition) is 0. The first-order chi connectivity index (χ1) is 33.2. The van der Waals surface area contributed by atoms with E-state index in [0.717, 1.165) is 27.1 Å². The van der Waals surface area contributed by atoms with Gasteiger partial charge < -0.3 is 52.2 Å². The number of carbonyl (C=O) groups excluding carboxylic acids is 4. The molecule has 0 amide bonds. The van der Waals surface area contributed by atoms with Gasteiger partial charge in [-0.15, -0.1) is 0 Å². The van der Waals surface area contributed by atoms with E-state index in [4.69, 9.17) is 47.4 Å². The highest BCUT2D eigenvalue weighted by atomic mass is 32.2. The lowest BCUT2D eigenvalue weighted by atomic mass is 9.95. The molecule has 2 fully saturated rings. The Morgan fingerprint density at radius 3 is 1.31 bits per heavy atom. The lowest BCUT2D eigenvalue weighted by Gasteiger charge is -2.49. The highest BCUT2D eigenvalue weighted by Gasteiger charge is 2.58. The van der Waals surface area contributed by atoms with E-state index in [2.05, 4.69) is 0 Å². The number of methoxy groups -OCH3 is 2. The van der Waals surface area contributed by atoms with Crippen molar-refractivity contribution in [1.29, 1.82) is 0 Å². The summed E-state index contributed by atoms with van der Waals surface area (Å²) >= 11 is 1.35. The molecule has 15 heteroatoms. The summed E-state index contributed by atoms with van der Waals surface area (Å²) in [5.74, 6) is -2.70. The van der Waals surface area contributed by atoms with Crippen molar-refractivity contribution >= 4 is 35.5 Å². The van der Waals surface area contributed by atoms with Crippen molar-refractivity contribution in [3.63, 3.8) is 0 Å². The molecule has 0 aliphatic carbocycles. The molecule has 14 nitrogen and oxygen atoms in total. The molecule has 2 aliphatic heterocycles. The van der Waals surface area contributed by atoms with Gasteiger partial charge in [0.1, 0.15) is 41.7 Å². The molecule has 2 saturated heterocycles. The Bertz CT molecular complexity index is 2320. The Hall–Kier alpha value is -5.75. The summed E-state index contributed by atoms with van der Waals surface area (Å²) in [4.78, 5) is 54.4. The lowest BCUT2D eigenvalue weighted by Crippen LogP contribution is -2.67. The van der Waals surface area contributed by atoms with Crippen LogP contribution in [0.4, 0.5) is 0 Å². The first-order valence-electron chi connectivity index (χ1n) is 22.4. The molecular weight excluding hydrogens is 893 g/mol. The first-order valence-corrected chi connectivity index (χ1v) is 23.2. The zero-order valence-corrected chi connectivity index (χ0v) is 38.9. The predicted octanol–water partition coefficient (Wildman–Crippen LogP) is 7.58. The van der Waals surface area contributed by atoms with Gasteiger partial charge in [0.05, 0.1) is 47.1 Å². The van der Waals surface area contributed by atoms with E-state index >= 15 is 0 Å². The number of hydrogen-bond acceptors (Lipinski definition) is 15. The van der Waals surface area contributed by atoms with Crippen molar-refractivity contribution < 1.29 is 66.5 Å². The molecule has 0 N–H and O–H groups in total. The smallest absolute Gasteiger partial charge is 0.339 e. The van der Waals surface area contributed by atoms with Crippen LogP contribution < -0.4 is 0 Å². The van der Waals surface area contributed by atoms with Gasteiger partial charge in [-0.3, -0.25) is 4.79 Å². The van der Waals surface area contributed by atoms with Gasteiger partial charge in [-0.05, 0) is 41.3 Å². The van der Waals surface area contributed by atoms with Gasteiger partial charge in [0, 0.05) is 11.3 Å². The topological polar surface area (TPSA) is 161 Å². The summed E-state index contributed by atoms with van der Waals surface area (Å²) in [6.45, 7) is 1.54. The van der Waals surface area contributed by atoms with Crippen LogP contribution in [0.5, 0.6) is 0 Å². The fourth-order valence-corrected chi connectivity index (χ4v) is 8.92. The zero-order chi connectivity index (χ0) is 47.7. The molecule has 0 radical (unpaired) electrons. The van der Waals surface area contributed by atoms with Crippen LogP contribution in [-0.2, 0) is 93.0 Å². The van der Waals surface area contributed by atoms with Crippen molar-refractivity contribution in [3.8, 4) is 0 Å². The summed E-state index contributed by atoms with van der Waals surface area (Å²) in [5.41, 5.74) is 2.38. The van der Waals surface area contributed by atoms with Gasteiger partial charge in [0.25, 0.3) is 0 Å². The lowest BCUT2D eigenvalue weighted by molar-refractivity contribution is -0.347. The van der Waals surface area contributed by atoms with Crippen LogP contribution >= 0.6 is 11.8 Å². The van der Waals surface area contributed by atoms with E-state index in [9.17, 15) is 19.2 Å². The number of ketones is 1. The molecule has 0 saturated carbocycles. The van der Waals surface area contributed by atoms with E-state index < -0.39 is 78.5 Å². The van der Waals surface area contributed by atoms with Gasteiger partial charge in [0.15, 0.2) is 24.6 Å². The van der Waals surface area contributed by atoms with Crippen molar-refractivity contribution in [2.24, 2.45) is 0 Å². The molecule has 0 aromatic heterocycles. The van der Waals surface area contributed by atoms with Crippen molar-refractivity contribution in [3.05, 3.63) is 174 Å². The normalized spacial score (nSPS) is 24.6. The Kier molecular flexibility index (Phi) is 18.9. The van der Waals surface area contributed by atoms with Crippen molar-refractivity contribution in [1.82, 2.24) is 0 Å². The largest absolute Gasteiger partial charge is 0.467 e. The molecular formula is C53H56O14S. The van der Waals surface area contributed by atoms with Gasteiger partial charge in [0.2, 0.25) is 0 Å². The predicted molar refractivity (Wildman–Crippen MR) is 248 cm³/mol. The molecule has 2 heterocycles. The van der Waals surface area contributed by atoms with Crippen LogP contribution in [0.25, 0.3) is 0 Å². The van der Waals surface area contributed by atoms with Gasteiger partial charge in [-0.1, -0.05) is 151 Å². The summed E-state index contributed by atoms with van der Waals surface area (Å²) < 4.78 is 64.0. The second kappa shape index (κ2) is 25.6. The average Bonchev–Trinajstić information content (AvgIpc) is 3.37. The molecule has 0 unspecified atom stereocenters. The second-order valence-corrected chi connectivity index (χ2v) is 17.3. The Morgan fingerprint density at radius 1 is 0.471 bits per heavy atom. The first kappa shape index (κ1) is 50.1. The quantitative estimate of drug-likeness (QED) is 0.0493. The third kappa shape index (κ3) is 13.9. The molecule has 7 rings (SSSR count). The summed E-state index contributed by atoms with van der Waals surface area (Å²) in [5, 5.41) is 0.